The normalized spacial score (nSPS) is 16.6. The quantitative estimate of drug-likeness (QED) is 0.354. The maximum atomic E-state index is 5.72. The Morgan fingerprint density at radius 3 is 1.67 bits per heavy atom. The lowest BCUT2D eigenvalue weighted by molar-refractivity contribution is 0.628. The SMILES string of the molecule is C/C(=C\C(=C/N)c1ccccc1)c1ccccc1.CC1(C)B(c2ccc(CN)cc2)C1(C)C. The zero-order valence-corrected chi connectivity index (χ0v) is 20.7. The Balaban J connectivity index is 0.000000189. The van der Waals surface area contributed by atoms with E-state index in [2.05, 4.69) is 89.2 Å². The summed E-state index contributed by atoms with van der Waals surface area (Å²) in [6.45, 7) is 12.8. The van der Waals surface area contributed by atoms with Gasteiger partial charge in [-0.25, -0.2) is 0 Å². The average Bonchev–Trinajstić information content (AvgIpc) is 3.26. The van der Waals surface area contributed by atoms with Gasteiger partial charge in [-0.3, -0.25) is 0 Å². The van der Waals surface area contributed by atoms with Gasteiger partial charge in [0.25, 0.3) is 0 Å². The zero-order valence-electron chi connectivity index (χ0n) is 20.7. The molecule has 0 amide bonds. The molecule has 0 aromatic heterocycles. The fourth-order valence-corrected chi connectivity index (χ4v) is 4.75. The number of benzene rings is 3. The molecule has 4 N–H and O–H groups in total. The smallest absolute Gasteiger partial charge is 0.187 e. The summed E-state index contributed by atoms with van der Waals surface area (Å²) in [5, 5.41) is 0.856. The van der Waals surface area contributed by atoms with Gasteiger partial charge < -0.3 is 11.5 Å². The zero-order chi connectivity index (χ0) is 24.1. The van der Waals surface area contributed by atoms with Crippen molar-refractivity contribution in [3.8, 4) is 0 Å². The molecule has 1 saturated heterocycles. The van der Waals surface area contributed by atoms with Gasteiger partial charge in [0.05, 0.1) is 0 Å². The molecule has 0 bridgehead atoms. The third kappa shape index (κ3) is 5.49. The molecule has 3 aromatic carbocycles. The molecular formula is C30H37BN2. The van der Waals surface area contributed by atoms with Crippen LogP contribution >= 0.6 is 0 Å². The van der Waals surface area contributed by atoms with Gasteiger partial charge in [-0.15, -0.1) is 0 Å². The molecule has 1 fully saturated rings. The van der Waals surface area contributed by atoms with Gasteiger partial charge in [-0.05, 0) is 40.8 Å². The highest BCUT2D eigenvalue weighted by Crippen LogP contribution is 2.73. The first kappa shape index (κ1) is 24.6. The Morgan fingerprint density at radius 2 is 1.24 bits per heavy atom. The third-order valence-corrected chi connectivity index (χ3v) is 7.46. The van der Waals surface area contributed by atoms with Crippen molar-refractivity contribution in [2.45, 2.75) is 51.8 Å². The van der Waals surface area contributed by atoms with Crippen LogP contribution in [0, 0.1) is 0 Å². The van der Waals surface area contributed by atoms with Crippen molar-refractivity contribution in [1.82, 2.24) is 0 Å². The largest absolute Gasteiger partial charge is 0.404 e. The number of hydrogen-bond acceptors (Lipinski definition) is 2. The van der Waals surface area contributed by atoms with Crippen LogP contribution in [0.1, 0.15) is 51.3 Å². The number of nitrogens with two attached hydrogens (primary N) is 2. The summed E-state index contributed by atoms with van der Waals surface area (Å²) in [6, 6.07) is 29.3. The van der Waals surface area contributed by atoms with Crippen molar-refractivity contribution in [3.05, 3.63) is 114 Å². The summed E-state index contributed by atoms with van der Waals surface area (Å²) in [4.78, 5) is 0. The molecule has 170 valence electrons. The van der Waals surface area contributed by atoms with Crippen LogP contribution in [0.5, 0.6) is 0 Å². The minimum absolute atomic E-state index is 0.428. The van der Waals surface area contributed by atoms with Gasteiger partial charge in [-0.1, -0.05) is 129 Å². The van der Waals surface area contributed by atoms with Crippen molar-refractivity contribution in [2.75, 3.05) is 0 Å². The molecule has 1 aliphatic heterocycles. The molecule has 1 aliphatic rings. The summed E-state index contributed by atoms with van der Waals surface area (Å²) < 4.78 is 0. The third-order valence-electron chi connectivity index (χ3n) is 7.46. The van der Waals surface area contributed by atoms with Gasteiger partial charge in [0, 0.05) is 12.7 Å². The van der Waals surface area contributed by atoms with Gasteiger partial charge in [-0.2, -0.15) is 0 Å². The number of allylic oxidation sites excluding steroid dienone is 3. The summed E-state index contributed by atoms with van der Waals surface area (Å²) in [5.41, 5.74) is 18.6. The van der Waals surface area contributed by atoms with E-state index in [1.807, 2.05) is 36.4 Å². The minimum atomic E-state index is 0.428. The van der Waals surface area contributed by atoms with Crippen molar-refractivity contribution >= 4 is 23.3 Å². The first-order chi connectivity index (χ1) is 15.7. The first-order valence-corrected chi connectivity index (χ1v) is 11.7. The molecule has 0 spiro atoms. The van der Waals surface area contributed by atoms with Crippen molar-refractivity contribution < 1.29 is 0 Å². The first-order valence-electron chi connectivity index (χ1n) is 11.7. The van der Waals surface area contributed by atoms with E-state index in [1.54, 1.807) is 6.20 Å². The molecule has 3 heteroatoms. The van der Waals surface area contributed by atoms with Crippen molar-refractivity contribution in [2.24, 2.45) is 11.5 Å². The van der Waals surface area contributed by atoms with E-state index >= 15 is 0 Å². The second kappa shape index (κ2) is 10.3. The van der Waals surface area contributed by atoms with Crippen LogP contribution in [0.15, 0.2) is 97.2 Å². The Hall–Kier alpha value is -3.04. The van der Waals surface area contributed by atoms with E-state index in [4.69, 9.17) is 11.5 Å². The molecule has 0 saturated carbocycles. The van der Waals surface area contributed by atoms with Gasteiger partial charge >= 0.3 is 0 Å². The predicted octanol–water partition coefficient (Wildman–Crippen LogP) is 6.51. The van der Waals surface area contributed by atoms with Crippen LogP contribution in [0.2, 0.25) is 10.6 Å². The van der Waals surface area contributed by atoms with E-state index in [0.717, 1.165) is 11.1 Å². The Kier molecular flexibility index (Phi) is 7.66. The van der Waals surface area contributed by atoms with Crippen molar-refractivity contribution in [1.29, 1.82) is 0 Å². The molecule has 0 aliphatic carbocycles. The molecule has 0 atom stereocenters. The van der Waals surface area contributed by atoms with Crippen molar-refractivity contribution in [3.63, 3.8) is 0 Å². The van der Waals surface area contributed by atoms with E-state index in [-0.39, 0.29) is 0 Å². The molecule has 33 heavy (non-hydrogen) atoms. The highest BCUT2D eigenvalue weighted by atomic mass is 14.5. The van der Waals surface area contributed by atoms with Crippen LogP contribution in [-0.4, -0.2) is 6.71 Å². The van der Waals surface area contributed by atoms with Gasteiger partial charge in [0.2, 0.25) is 0 Å². The summed E-state index contributed by atoms with van der Waals surface area (Å²) in [7, 11) is 0. The number of rotatable bonds is 5. The van der Waals surface area contributed by atoms with Gasteiger partial charge in [0.1, 0.15) is 0 Å². The lowest BCUT2D eigenvalue weighted by Gasteiger charge is -2.06. The fourth-order valence-electron chi connectivity index (χ4n) is 4.75. The highest BCUT2D eigenvalue weighted by molar-refractivity contribution is 6.89. The predicted molar refractivity (Wildman–Crippen MR) is 147 cm³/mol. The monoisotopic (exact) mass is 436 g/mol. The maximum Gasteiger partial charge on any atom is 0.187 e. The van der Waals surface area contributed by atoms with Crippen LogP contribution in [0.3, 0.4) is 0 Å². The molecule has 2 nitrogen and oxygen atoms in total. The second-order valence-corrected chi connectivity index (χ2v) is 10.0. The van der Waals surface area contributed by atoms with E-state index in [0.29, 0.717) is 23.9 Å². The topological polar surface area (TPSA) is 52.0 Å². The standard InChI is InChI=1S/C17H17N.C13H20BN/c1-14(15-8-4-2-5-9-15)12-17(13-18)16-10-6-3-7-11-16;1-12(2)13(3,4)14(12)11-7-5-10(9-15)6-8-11/h2-13H,18H2,1H3;5-8H,9,15H2,1-4H3/b14-12+,17-13+;. The second-order valence-electron chi connectivity index (χ2n) is 10.0. The highest BCUT2D eigenvalue weighted by Gasteiger charge is 2.67. The molecule has 0 radical (unpaired) electrons. The molecule has 1 heterocycles. The van der Waals surface area contributed by atoms with Crippen LogP contribution in [0.25, 0.3) is 11.1 Å². The minimum Gasteiger partial charge on any atom is -0.404 e. The van der Waals surface area contributed by atoms with E-state index in [9.17, 15) is 0 Å². The lowest BCUT2D eigenvalue weighted by Crippen LogP contribution is -2.20. The molecular weight excluding hydrogens is 399 g/mol. The summed E-state index contributed by atoms with van der Waals surface area (Å²) in [6.07, 6.45) is 3.77. The van der Waals surface area contributed by atoms with Crippen LogP contribution in [-0.2, 0) is 6.54 Å². The molecule has 3 aromatic rings. The molecule has 0 unspecified atom stereocenters. The summed E-state index contributed by atoms with van der Waals surface area (Å²) >= 11 is 0. The fraction of sp³-hybridized carbons (Fsp3) is 0.267. The average molecular weight is 436 g/mol. The Bertz CT molecular complexity index is 1080. The molecule has 4 rings (SSSR count). The maximum absolute atomic E-state index is 5.72. The summed E-state index contributed by atoms with van der Waals surface area (Å²) in [5.74, 6) is 0. The Morgan fingerprint density at radius 1 is 0.758 bits per heavy atom. The van der Waals surface area contributed by atoms with Gasteiger partial charge in [0.15, 0.2) is 6.71 Å². The lowest BCUT2D eigenvalue weighted by atomic mass is 9.53. The van der Waals surface area contributed by atoms with E-state index in [1.165, 1.54) is 22.2 Å². The van der Waals surface area contributed by atoms with Crippen LogP contribution < -0.4 is 16.9 Å². The Labute approximate surface area is 200 Å². The van der Waals surface area contributed by atoms with Crippen LogP contribution in [0.4, 0.5) is 0 Å². The van der Waals surface area contributed by atoms with E-state index < -0.39 is 0 Å². The number of hydrogen-bond donors (Lipinski definition) is 2.